The zero-order valence-corrected chi connectivity index (χ0v) is 23.8. The maximum atomic E-state index is 15.7. The molecule has 0 saturated carbocycles. The van der Waals surface area contributed by atoms with Gasteiger partial charge in [-0.2, -0.15) is 0 Å². The van der Waals surface area contributed by atoms with Crippen LogP contribution in [-0.4, -0.2) is 84.1 Å². The molecular weight excluding hydrogens is 537 g/mol. The molecule has 0 unspecified atom stereocenters. The Kier molecular flexibility index (Phi) is 7.75. The van der Waals surface area contributed by atoms with Crippen molar-refractivity contribution in [2.24, 2.45) is 0 Å². The molecule has 2 aliphatic heterocycles. The molecule has 11 heteroatoms. The highest BCUT2D eigenvalue weighted by Crippen LogP contribution is 2.34. The van der Waals surface area contributed by atoms with Crippen molar-refractivity contribution in [3.05, 3.63) is 70.5 Å². The predicted molar refractivity (Wildman–Crippen MR) is 161 cm³/mol. The van der Waals surface area contributed by atoms with Crippen LogP contribution < -0.4 is 20.5 Å². The van der Waals surface area contributed by atoms with E-state index in [0.29, 0.717) is 35.5 Å². The molecule has 1 aromatic carbocycles. The van der Waals surface area contributed by atoms with E-state index in [1.807, 2.05) is 18.3 Å². The number of nitrogens with zero attached hydrogens (tertiary/aromatic N) is 5. The first-order chi connectivity index (χ1) is 20.4. The lowest BCUT2D eigenvalue weighted by Crippen LogP contribution is -2.44. The van der Waals surface area contributed by atoms with E-state index < -0.39 is 5.82 Å². The third kappa shape index (κ3) is 5.52. The van der Waals surface area contributed by atoms with E-state index in [-0.39, 0.29) is 34.0 Å². The van der Waals surface area contributed by atoms with Gasteiger partial charge in [0, 0.05) is 51.0 Å². The highest BCUT2D eigenvalue weighted by atomic mass is 19.1. The number of H-pyrrole nitrogens is 1. The highest BCUT2D eigenvalue weighted by molar-refractivity contribution is 5.98. The van der Waals surface area contributed by atoms with E-state index >= 15 is 4.39 Å². The zero-order valence-electron chi connectivity index (χ0n) is 23.8. The van der Waals surface area contributed by atoms with Crippen LogP contribution in [0.5, 0.6) is 5.75 Å². The predicted octanol–water partition coefficient (Wildman–Crippen LogP) is 4.25. The topological polar surface area (TPSA) is 107 Å². The minimum atomic E-state index is -0.603. The number of methoxy groups -OCH3 is 1. The summed E-state index contributed by atoms with van der Waals surface area (Å²) in [6.07, 6.45) is 6.25. The molecule has 2 saturated heterocycles. The van der Waals surface area contributed by atoms with Gasteiger partial charge >= 0.3 is 0 Å². The van der Waals surface area contributed by atoms with E-state index in [4.69, 9.17) is 4.74 Å². The summed E-state index contributed by atoms with van der Waals surface area (Å²) in [5.41, 5.74) is 2.15. The number of hydrogen-bond donors (Lipinski definition) is 2. The molecule has 0 radical (unpaired) electrons. The van der Waals surface area contributed by atoms with Gasteiger partial charge in [0.25, 0.3) is 11.5 Å². The first-order valence-corrected chi connectivity index (χ1v) is 14.3. The standard InChI is InChI=1S/C31H34FN7O3/c1-37-12-14-38(15-13-37)20-6-7-28(34-19-20)36-26-18-25(35-24-8-9-33-30(40)29(24)26)21-17-27(42-2)22(16-23(21)32)31(41)39-10-4-3-5-11-39/h6-9,16-19H,3-5,10-15H2,1-2H3,(H,33,40)(H,34,35,36). The molecule has 2 N–H and O–H groups in total. The third-order valence-electron chi connectivity index (χ3n) is 8.05. The van der Waals surface area contributed by atoms with E-state index in [9.17, 15) is 9.59 Å². The quantitative estimate of drug-likeness (QED) is 0.354. The van der Waals surface area contributed by atoms with Gasteiger partial charge in [-0.25, -0.2) is 14.4 Å². The van der Waals surface area contributed by atoms with Gasteiger partial charge < -0.3 is 29.7 Å². The zero-order chi connectivity index (χ0) is 29.2. The fraction of sp³-hybridized carbons (Fsp3) is 0.355. The maximum Gasteiger partial charge on any atom is 0.259 e. The lowest BCUT2D eigenvalue weighted by molar-refractivity contribution is 0.0720. The molecular formula is C31H34FN7O3. The van der Waals surface area contributed by atoms with Crippen molar-refractivity contribution in [3.63, 3.8) is 0 Å². The number of piperazine rings is 1. The van der Waals surface area contributed by atoms with Gasteiger partial charge in [-0.3, -0.25) is 9.59 Å². The van der Waals surface area contributed by atoms with Crippen LogP contribution >= 0.6 is 0 Å². The smallest absolute Gasteiger partial charge is 0.259 e. The van der Waals surface area contributed by atoms with E-state index in [1.54, 1.807) is 17.0 Å². The number of likely N-dealkylation sites (tertiary alicyclic amines) is 1. The van der Waals surface area contributed by atoms with Crippen LogP contribution in [0.15, 0.2) is 53.6 Å². The number of benzene rings is 1. The summed E-state index contributed by atoms with van der Waals surface area (Å²) in [6.45, 7) is 5.12. The molecule has 2 fully saturated rings. The van der Waals surface area contributed by atoms with Crippen LogP contribution in [-0.2, 0) is 0 Å². The number of aromatic nitrogens is 3. The van der Waals surface area contributed by atoms with Crippen molar-refractivity contribution in [1.82, 2.24) is 24.8 Å². The van der Waals surface area contributed by atoms with Gasteiger partial charge in [0.05, 0.1) is 46.8 Å². The van der Waals surface area contributed by atoms with Gasteiger partial charge in [-0.1, -0.05) is 0 Å². The fourth-order valence-electron chi connectivity index (χ4n) is 5.63. The second-order valence-corrected chi connectivity index (χ2v) is 10.8. The number of anilines is 3. The Balaban J connectivity index is 1.35. The number of nitrogens with one attached hydrogen (secondary N) is 2. The molecule has 42 heavy (non-hydrogen) atoms. The van der Waals surface area contributed by atoms with Gasteiger partial charge in [-0.15, -0.1) is 0 Å². The number of amides is 1. The largest absolute Gasteiger partial charge is 0.496 e. The van der Waals surface area contributed by atoms with Crippen LogP contribution in [0.25, 0.3) is 22.2 Å². The van der Waals surface area contributed by atoms with E-state index in [2.05, 4.69) is 37.1 Å². The number of carbonyl (C=O) groups excluding carboxylic acids is 1. The van der Waals surface area contributed by atoms with Crippen molar-refractivity contribution in [2.45, 2.75) is 19.3 Å². The minimum absolute atomic E-state index is 0.158. The van der Waals surface area contributed by atoms with E-state index in [1.165, 1.54) is 25.4 Å². The molecule has 3 aromatic heterocycles. The normalized spacial score (nSPS) is 16.1. The molecule has 4 aromatic rings. The Hall–Kier alpha value is -4.51. The number of likely N-dealkylation sites (N-methyl/N-ethyl adjacent to an activating group) is 1. The first kappa shape index (κ1) is 27.6. The number of aromatic amines is 1. The van der Waals surface area contributed by atoms with Crippen molar-refractivity contribution in [3.8, 4) is 17.0 Å². The van der Waals surface area contributed by atoms with E-state index in [0.717, 1.165) is 51.1 Å². The Morgan fingerprint density at radius 3 is 2.52 bits per heavy atom. The monoisotopic (exact) mass is 571 g/mol. The Labute approximate surface area is 243 Å². The second-order valence-electron chi connectivity index (χ2n) is 10.8. The van der Waals surface area contributed by atoms with Crippen LogP contribution in [0.3, 0.4) is 0 Å². The molecule has 6 rings (SSSR count). The fourth-order valence-corrected chi connectivity index (χ4v) is 5.63. The second kappa shape index (κ2) is 11.8. The number of hydrogen-bond acceptors (Lipinski definition) is 8. The van der Waals surface area contributed by atoms with Crippen LogP contribution in [0, 0.1) is 5.82 Å². The molecule has 0 atom stereocenters. The van der Waals surface area contributed by atoms with Crippen molar-refractivity contribution in [1.29, 1.82) is 0 Å². The highest BCUT2D eigenvalue weighted by Gasteiger charge is 2.25. The molecule has 5 heterocycles. The van der Waals surface area contributed by atoms with Gasteiger partial charge in [0.15, 0.2) is 0 Å². The Morgan fingerprint density at radius 2 is 1.81 bits per heavy atom. The minimum Gasteiger partial charge on any atom is -0.496 e. The molecule has 0 spiro atoms. The average molecular weight is 572 g/mol. The number of ether oxygens (including phenoxy) is 1. The number of rotatable bonds is 6. The molecule has 10 nitrogen and oxygen atoms in total. The van der Waals surface area contributed by atoms with Gasteiger partial charge in [0.1, 0.15) is 17.4 Å². The van der Waals surface area contributed by atoms with Crippen molar-refractivity contribution in [2.75, 3.05) is 63.6 Å². The third-order valence-corrected chi connectivity index (χ3v) is 8.05. The van der Waals surface area contributed by atoms with Gasteiger partial charge in [0.2, 0.25) is 0 Å². The summed E-state index contributed by atoms with van der Waals surface area (Å²) >= 11 is 0. The SMILES string of the molecule is COc1cc(-c2cc(Nc3ccc(N4CCN(C)CC4)cn3)c3c(=O)[nH]ccc3n2)c(F)cc1C(=O)N1CCCCC1. The first-order valence-electron chi connectivity index (χ1n) is 14.3. The molecule has 0 aliphatic carbocycles. The van der Waals surface area contributed by atoms with Crippen LogP contribution in [0.2, 0.25) is 0 Å². The Morgan fingerprint density at radius 1 is 1.02 bits per heavy atom. The number of carbonyl (C=O) groups is 1. The average Bonchev–Trinajstić information content (AvgIpc) is 3.01. The Bertz CT molecular complexity index is 1660. The van der Waals surface area contributed by atoms with Crippen molar-refractivity contribution >= 4 is 34.0 Å². The lowest BCUT2D eigenvalue weighted by Gasteiger charge is -2.33. The molecule has 2 aliphatic rings. The molecule has 0 bridgehead atoms. The number of pyridine rings is 3. The summed E-state index contributed by atoms with van der Waals surface area (Å²) in [6, 6.07) is 9.87. The maximum absolute atomic E-state index is 15.7. The summed E-state index contributed by atoms with van der Waals surface area (Å²) < 4.78 is 21.2. The summed E-state index contributed by atoms with van der Waals surface area (Å²) in [7, 11) is 3.57. The number of halogens is 1. The van der Waals surface area contributed by atoms with Crippen molar-refractivity contribution < 1.29 is 13.9 Å². The van der Waals surface area contributed by atoms with Gasteiger partial charge in [-0.05, 0) is 62.7 Å². The lowest BCUT2D eigenvalue weighted by atomic mass is 10.0. The molecule has 218 valence electrons. The van der Waals surface area contributed by atoms with Crippen LogP contribution in [0.4, 0.5) is 21.6 Å². The number of fused-ring (bicyclic) bond motifs is 1. The summed E-state index contributed by atoms with van der Waals surface area (Å²) in [5.74, 6) is -0.0440. The summed E-state index contributed by atoms with van der Waals surface area (Å²) in [4.78, 5) is 44.3. The summed E-state index contributed by atoms with van der Waals surface area (Å²) in [5, 5.41) is 3.57. The number of piperidine rings is 1. The van der Waals surface area contributed by atoms with Crippen LogP contribution in [0.1, 0.15) is 29.6 Å². The molecule has 1 amide bonds.